The maximum Gasteiger partial charge on any atom is 0.249 e. The van der Waals surface area contributed by atoms with Crippen LogP contribution in [0, 0.1) is 6.92 Å². The summed E-state index contributed by atoms with van der Waals surface area (Å²) >= 11 is 5.98. The van der Waals surface area contributed by atoms with Crippen molar-refractivity contribution in [1.29, 1.82) is 0 Å². The van der Waals surface area contributed by atoms with Crippen molar-refractivity contribution in [1.82, 2.24) is 9.78 Å². The minimum atomic E-state index is -0.812. The Morgan fingerprint density at radius 1 is 1.13 bits per heavy atom. The van der Waals surface area contributed by atoms with E-state index in [0.717, 1.165) is 11.1 Å². The van der Waals surface area contributed by atoms with Gasteiger partial charge in [0.1, 0.15) is 11.9 Å². The van der Waals surface area contributed by atoms with Crippen molar-refractivity contribution in [3.05, 3.63) is 59.1 Å². The number of nitrogens with one attached hydrogen (secondary N) is 3. The van der Waals surface area contributed by atoms with Gasteiger partial charge in [-0.15, -0.1) is 0 Å². The van der Waals surface area contributed by atoms with Crippen LogP contribution in [0.3, 0.4) is 0 Å². The highest BCUT2D eigenvalue weighted by Crippen LogP contribution is 2.35. The molecule has 3 amide bonds. The van der Waals surface area contributed by atoms with Gasteiger partial charge in [0.15, 0.2) is 0 Å². The molecule has 31 heavy (non-hydrogen) atoms. The summed E-state index contributed by atoms with van der Waals surface area (Å²) in [4.78, 5) is 36.6. The number of hydrogen-bond donors (Lipinski definition) is 3. The Bertz CT molecular complexity index is 1190. The summed E-state index contributed by atoms with van der Waals surface area (Å²) in [6.07, 6.45) is -0.0363. The van der Waals surface area contributed by atoms with Crippen molar-refractivity contribution in [2.45, 2.75) is 26.3 Å². The molecule has 0 saturated heterocycles. The van der Waals surface area contributed by atoms with E-state index >= 15 is 0 Å². The number of benzene rings is 2. The van der Waals surface area contributed by atoms with E-state index in [1.54, 1.807) is 41.1 Å². The topological polar surface area (TPSA) is 105 Å². The predicted octanol–water partition coefficient (Wildman–Crippen LogP) is 3.99. The van der Waals surface area contributed by atoms with Gasteiger partial charge in [0.05, 0.1) is 12.1 Å². The molecule has 3 N–H and O–H groups in total. The minimum Gasteiger partial charge on any atom is -0.326 e. The van der Waals surface area contributed by atoms with Crippen LogP contribution in [0.1, 0.15) is 24.9 Å². The standard InChI is InChI=1S/C22H20ClN5O3/c1-12-20(14-6-8-15(23)9-7-14)27-28-18(11-19(30)26-21(12)28)22(31)25-17-5-3-4-16(10-17)24-13(2)29/h3-10,18H,11H2,1-2H3,(H,24,29)(H,25,31)(H,26,30)/t18-/m1/s1. The Labute approximate surface area is 183 Å². The summed E-state index contributed by atoms with van der Waals surface area (Å²) in [5.41, 5.74) is 3.33. The Morgan fingerprint density at radius 2 is 1.81 bits per heavy atom. The molecule has 158 valence electrons. The smallest absolute Gasteiger partial charge is 0.249 e. The lowest BCUT2D eigenvalue weighted by molar-refractivity contribution is -0.125. The van der Waals surface area contributed by atoms with Crippen LogP contribution in [0.25, 0.3) is 11.3 Å². The number of anilines is 3. The van der Waals surface area contributed by atoms with Crippen molar-refractivity contribution < 1.29 is 14.4 Å². The van der Waals surface area contributed by atoms with E-state index in [1.165, 1.54) is 6.92 Å². The maximum absolute atomic E-state index is 13.1. The molecule has 2 heterocycles. The summed E-state index contributed by atoms with van der Waals surface area (Å²) in [5, 5.41) is 13.5. The lowest BCUT2D eigenvalue weighted by Gasteiger charge is -2.24. The number of nitrogens with zero attached hydrogens (tertiary/aromatic N) is 2. The molecule has 0 unspecified atom stereocenters. The average Bonchev–Trinajstić information content (AvgIpc) is 3.04. The normalized spacial score (nSPS) is 15.1. The van der Waals surface area contributed by atoms with Crippen molar-refractivity contribution in [2.75, 3.05) is 16.0 Å². The molecule has 0 fully saturated rings. The van der Waals surface area contributed by atoms with Crippen LogP contribution >= 0.6 is 11.6 Å². The Balaban J connectivity index is 1.64. The van der Waals surface area contributed by atoms with Crippen LogP contribution in [0.2, 0.25) is 5.02 Å². The van der Waals surface area contributed by atoms with Gasteiger partial charge in [0, 0.05) is 34.4 Å². The fourth-order valence-electron chi connectivity index (χ4n) is 3.53. The van der Waals surface area contributed by atoms with E-state index in [1.807, 2.05) is 19.1 Å². The van der Waals surface area contributed by atoms with E-state index < -0.39 is 6.04 Å². The summed E-state index contributed by atoms with van der Waals surface area (Å²) in [7, 11) is 0. The van der Waals surface area contributed by atoms with Gasteiger partial charge >= 0.3 is 0 Å². The lowest BCUT2D eigenvalue weighted by atomic mass is 10.1. The summed E-state index contributed by atoms with van der Waals surface area (Å²) in [5.74, 6) is -0.348. The largest absolute Gasteiger partial charge is 0.326 e. The number of aromatic nitrogens is 2. The number of fused-ring (bicyclic) bond motifs is 1. The molecular formula is C22H20ClN5O3. The van der Waals surface area contributed by atoms with E-state index in [9.17, 15) is 14.4 Å². The molecule has 0 spiro atoms. The van der Waals surface area contributed by atoms with Crippen LogP contribution in [-0.2, 0) is 14.4 Å². The van der Waals surface area contributed by atoms with Crippen LogP contribution < -0.4 is 16.0 Å². The van der Waals surface area contributed by atoms with Gasteiger partial charge in [0.2, 0.25) is 17.7 Å². The molecule has 0 radical (unpaired) electrons. The second-order valence-electron chi connectivity index (χ2n) is 7.29. The summed E-state index contributed by atoms with van der Waals surface area (Å²) in [6.45, 7) is 3.26. The Hall–Kier alpha value is -3.65. The number of rotatable bonds is 4. The molecule has 8 nitrogen and oxygen atoms in total. The second-order valence-corrected chi connectivity index (χ2v) is 7.73. The van der Waals surface area contributed by atoms with E-state index in [2.05, 4.69) is 21.0 Å². The van der Waals surface area contributed by atoms with E-state index in [-0.39, 0.29) is 24.1 Å². The third-order valence-corrected chi connectivity index (χ3v) is 5.20. The van der Waals surface area contributed by atoms with Gasteiger partial charge in [-0.1, -0.05) is 29.8 Å². The number of halogens is 1. The third kappa shape index (κ3) is 4.29. The quantitative estimate of drug-likeness (QED) is 0.573. The SMILES string of the molecule is CC(=O)Nc1cccc(NC(=O)[C@H]2CC(=O)Nc3c(C)c(-c4ccc(Cl)cc4)nn32)c1. The van der Waals surface area contributed by atoms with Gasteiger partial charge < -0.3 is 16.0 Å². The fraction of sp³-hybridized carbons (Fsp3) is 0.182. The summed E-state index contributed by atoms with van der Waals surface area (Å²) < 4.78 is 1.55. The molecule has 2 aromatic carbocycles. The highest BCUT2D eigenvalue weighted by Gasteiger charge is 2.34. The third-order valence-electron chi connectivity index (χ3n) is 4.95. The second kappa shape index (κ2) is 8.23. The molecule has 3 aromatic rings. The van der Waals surface area contributed by atoms with Crippen LogP contribution in [-0.4, -0.2) is 27.5 Å². The maximum atomic E-state index is 13.1. The highest BCUT2D eigenvalue weighted by atomic mass is 35.5. The van der Waals surface area contributed by atoms with E-state index in [0.29, 0.717) is 27.9 Å². The first-order chi connectivity index (χ1) is 14.8. The van der Waals surface area contributed by atoms with Gasteiger partial charge in [0.25, 0.3) is 0 Å². The first-order valence-electron chi connectivity index (χ1n) is 9.65. The number of amides is 3. The zero-order valence-electron chi connectivity index (χ0n) is 16.9. The van der Waals surface area contributed by atoms with Crippen molar-refractivity contribution in [3.63, 3.8) is 0 Å². The molecule has 1 aromatic heterocycles. The van der Waals surface area contributed by atoms with Crippen LogP contribution in [0.4, 0.5) is 17.2 Å². The van der Waals surface area contributed by atoms with Gasteiger partial charge in [-0.05, 0) is 37.3 Å². The van der Waals surface area contributed by atoms with Crippen molar-refractivity contribution in [2.24, 2.45) is 0 Å². The fourth-order valence-corrected chi connectivity index (χ4v) is 3.65. The van der Waals surface area contributed by atoms with Gasteiger partial charge in [-0.2, -0.15) is 5.10 Å². The monoisotopic (exact) mass is 437 g/mol. The van der Waals surface area contributed by atoms with Gasteiger partial charge in [-0.25, -0.2) is 4.68 Å². The molecule has 1 aliphatic heterocycles. The van der Waals surface area contributed by atoms with Crippen LogP contribution in [0.5, 0.6) is 0 Å². The number of carbonyl (C=O) groups is 3. The first kappa shape index (κ1) is 20.6. The minimum absolute atomic E-state index is 0.0363. The number of hydrogen-bond acceptors (Lipinski definition) is 4. The van der Waals surface area contributed by atoms with Crippen LogP contribution in [0.15, 0.2) is 48.5 Å². The average molecular weight is 438 g/mol. The molecule has 1 atom stereocenters. The van der Waals surface area contributed by atoms with Gasteiger partial charge in [-0.3, -0.25) is 14.4 Å². The predicted molar refractivity (Wildman–Crippen MR) is 119 cm³/mol. The van der Waals surface area contributed by atoms with E-state index in [4.69, 9.17) is 11.6 Å². The Morgan fingerprint density at radius 3 is 2.48 bits per heavy atom. The highest BCUT2D eigenvalue weighted by molar-refractivity contribution is 6.30. The zero-order chi connectivity index (χ0) is 22.1. The lowest BCUT2D eigenvalue weighted by Crippen LogP contribution is -2.35. The van der Waals surface area contributed by atoms with Crippen molar-refractivity contribution >= 4 is 46.5 Å². The summed E-state index contributed by atoms with van der Waals surface area (Å²) in [6, 6.07) is 13.2. The molecule has 0 bridgehead atoms. The van der Waals surface area contributed by atoms with Crippen molar-refractivity contribution in [3.8, 4) is 11.3 Å². The molecular weight excluding hydrogens is 418 g/mol. The Kier molecular flexibility index (Phi) is 5.48. The first-order valence-corrected chi connectivity index (χ1v) is 10.0. The molecule has 9 heteroatoms. The molecule has 1 aliphatic rings. The number of carbonyl (C=O) groups excluding carboxylic acids is 3. The molecule has 0 saturated carbocycles. The molecule has 4 rings (SSSR count). The molecule has 0 aliphatic carbocycles. The zero-order valence-corrected chi connectivity index (χ0v) is 17.7.